The second-order valence-corrected chi connectivity index (χ2v) is 11.3. The third-order valence-corrected chi connectivity index (χ3v) is 4.65. The fourth-order valence-electron chi connectivity index (χ4n) is 1.43. The van der Waals surface area contributed by atoms with Gasteiger partial charge < -0.3 is 19.7 Å². The van der Waals surface area contributed by atoms with Crippen LogP contribution in [0.1, 0.15) is 54.4 Å². The van der Waals surface area contributed by atoms with Crippen molar-refractivity contribution in [3.05, 3.63) is 0 Å². The van der Waals surface area contributed by atoms with Gasteiger partial charge in [-0.3, -0.25) is 9.59 Å². The van der Waals surface area contributed by atoms with Gasteiger partial charge >= 0.3 is 23.1 Å². The molecule has 0 heterocycles. The fraction of sp³-hybridized carbons (Fsp3) is 0.875. The molecule has 2 N–H and O–H groups in total. The molecule has 0 unspecified atom stereocenters. The first kappa shape index (κ1) is 33.2. The summed E-state index contributed by atoms with van der Waals surface area (Å²) < 4.78 is 61.2. The minimum atomic E-state index is -4.16. The number of hydrogen-bond acceptors (Lipinski definition) is 8. The van der Waals surface area contributed by atoms with Crippen LogP contribution in [0.4, 0.5) is 0 Å². The largest absolute Gasteiger partial charge is 2.00 e. The van der Waals surface area contributed by atoms with E-state index in [0.717, 1.165) is 0 Å². The second-order valence-electron chi connectivity index (χ2n) is 8.24. The van der Waals surface area contributed by atoms with Gasteiger partial charge in [-0.2, -0.15) is 0 Å². The molecule has 0 aromatic heterocycles. The summed E-state index contributed by atoms with van der Waals surface area (Å²) in [7, 11) is -8.32. The molecule has 0 aliphatic rings. The molecule has 0 aliphatic heterocycles. The van der Waals surface area contributed by atoms with Crippen molar-refractivity contribution in [1.82, 2.24) is 10.6 Å². The summed E-state index contributed by atoms with van der Waals surface area (Å²) in [5.74, 6) is -1.17. The first-order valence-electron chi connectivity index (χ1n) is 8.69. The molecule has 0 spiro atoms. The molecule has 0 saturated heterocycles. The standard InChI is InChI=1S/2C8H17NO4S.Mg/c2*1-8(2,3)7(10)9-5-4-6-14(11,12)13;/h2*4-6H2,1-3H3,(H,9,10)(H,11,12,13);/q;;+2/p-2. The molecule has 0 fully saturated rings. The third kappa shape index (κ3) is 23.7. The summed E-state index contributed by atoms with van der Waals surface area (Å²) in [4.78, 5) is 22.5. The van der Waals surface area contributed by atoms with E-state index in [1.165, 1.54) is 0 Å². The Kier molecular flexibility index (Phi) is 15.7. The minimum absolute atomic E-state index is 0. The van der Waals surface area contributed by atoms with Crippen molar-refractivity contribution in [2.75, 3.05) is 24.6 Å². The number of carbonyl (C=O) groups excluding carboxylic acids is 2. The van der Waals surface area contributed by atoms with E-state index in [-0.39, 0.29) is 60.8 Å². The SMILES string of the molecule is CC(C)(C)C(=O)NCCCS(=O)(=O)[O-].CC(C)(C)C(=O)NCCCS(=O)(=O)[O-].[Mg+2]. The zero-order valence-corrected chi connectivity index (χ0v) is 21.1. The van der Waals surface area contributed by atoms with Gasteiger partial charge in [-0.1, -0.05) is 41.5 Å². The maximum atomic E-state index is 11.3. The van der Waals surface area contributed by atoms with E-state index >= 15 is 0 Å². The summed E-state index contributed by atoms with van der Waals surface area (Å²) in [5, 5.41) is 5.11. The van der Waals surface area contributed by atoms with Crippen LogP contribution in [0.5, 0.6) is 0 Å². The van der Waals surface area contributed by atoms with Crippen LogP contribution in [-0.4, -0.2) is 85.4 Å². The Balaban J connectivity index is -0.000000451. The fourth-order valence-corrected chi connectivity index (χ4v) is 2.43. The van der Waals surface area contributed by atoms with Gasteiger partial charge in [0.15, 0.2) is 0 Å². The van der Waals surface area contributed by atoms with Crippen LogP contribution in [0, 0.1) is 10.8 Å². The van der Waals surface area contributed by atoms with E-state index in [9.17, 15) is 35.5 Å². The summed E-state index contributed by atoms with van der Waals surface area (Å²) in [5.41, 5.74) is -0.979. The van der Waals surface area contributed by atoms with E-state index in [1.807, 2.05) is 0 Å². The van der Waals surface area contributed by atoms with Crippen molar-refractivity contribution in [3.8, 4) is 0 Å². The van der Waals surface area contributed by atoms with Gasteiger partial charge in [0.05, 0.1) is 20.2 Å². The topological polar surface area (TPSA) is 173 Å². The summed E-state index contributed by atoms with van der Waals surface area (Å²) >= 11 is 0. The molecule has 168 valence electrons. The van der Waals surface area contributed by atoms with Crippen LogP contribution in [0.15, 0.2) is 0 Å². The molecule has 0 aliphatic carbocycles. The Labute approximate surface area is 190 Å². The van der Waals surface area contributed by atoms with Crippen molar-refractivity contribution >= 4 is 55.1 Å². The number of nitrogens with one attached hydrogen (secondary N) is 2. The van der Waals surface area contributed by atoms with Gasteiger partial charge in [0.2, 0.25) is 11.8 Å². The Morgan fingerprint density at radius 2 is 0.931 bits per heavy atom. The van der Waals surface area contributed by atoms with E-state index in [1.54, 1.807) is 41.5 Å². The predicted octanol–water partition coefficient (Wildman–Crippen LogP) is -0.213. The first-order valence-corrected chi connectivity index (χ1v) is 11.8. The molecule has 0 aromatic carbocycles. The Morgan fingerprint density at radius 3 is 1.10 bits per heavy atom. The average Bonchev–Trinajstić information content (AvgIpc) is 2.44. The first-order chi connectivity index (χ1) is 12.3. The second kappa shape index (κ2) is 13.8. The average molecular weight is 469 g/mol. The smallest absolute Gasteiger partial charge is 0.748 e. The Morgan fingerprint density at radius 1 is 0.690 bits per heavy atom. The van der Waals surface area contributed by atoms with Gasteiger partial charge in [0.1, 0.15) is 0 Å². The van der Waals surface area contributed by atoms with Crippen LogP contribution in [0.25, 0.3) is 0 Å². The monoisotopic (exact) mass is 468 g/mol. The maximum Gasteiger partial charge on any atom is 2.00 e. The van der Waals surface area contributed by atoms with Gasteiger partial charge in [-0.05, 0) is 12.8 Å². The molecule has 13 heteroatoms. The minimum Gasteiger partial charge on any atom is -0.748 e. The molecule has 0 aromatic rings. The molecule has 0 atom stereocenters. The number of carbonyl (C=O) groups is 2. The molecular weight excluding hydrogens is 437 g/mol. The van der Waals surface area contributed by atoms with Crippen LogP contribution < -0.4 is 10.6 Å². The van der Waals surface area contributed by atoms with Crippen LogP contribution >= 0.6 is 0 Å². The van der Waals surface area contributed by atoms with Gasteiger partial charge in [0.25, 0.3) is 0 Å². The molecule has 10 nitrogen and oxygen atoms in total. The van der Waals surface area contributed by atoms with E-state index in [0.29, 0.717) is 0 Å². The molecule has 0 bridgehead atoms. The summed E-state index contributed by atoms with van der Waals surface area (Å²) in [6.45, 7) is 11.0. The van der Waals surface area contributed by atoms with Gasteiger partial charge in [-0.15, -0.1) is 0 Å². The zero-order valence-electron chi connectivity index (χ0n) is 18.0. The van der Waals surface area contributed by atoms with Crippen molar-refractivity contribution < 1.29 is 35.5 Å². The van der Waals surface area contributed by atoms with Crippen LogP contribution in [0.2, 0.25) is 0 Å². The summed E-state index contributed by atoms with van der Waals surface area (Å²) in [6.07, 6.45) is 0.321. The Hall–Kier alpha value is -0.474. The number of hydrogen-bond donors (Lipinski definition) is 2. The van der Waals surface area contributed by atoms with Gasteiger partial charge in [-0.25, -0.2) is 16.8 Å². The maximum absolute atomic E-state index is 11.3. The van der Waals surface area contributed by atoms with E-state index in [2.05, 4.69) is 10.6 Å². The quantitative estimate of drug-likeness (QED) is 0.279. The molecular formula is C16H32MgN2O8S2. The zero-order chi connectivity index (χ0) is 22.8. The van der Waals surface area contributed by atoms with Crippen LogP contribution in [0.3, 0.4) is 0 Å². The number of rotatable bonds is 8. The van der Waals surface area contributed by atoms with Crippen molar-refractivity contribution in [2.24, 2.45) is 10.8 Å². The summed E-state index contributed by atoms with van der Waals surface area (Å²) in [6, 6.07) is 0. The van der Waals surface area contributed by atoms with Gasteiger partial charge in [0, 0.05) is 35.4 Å². The molecule has 0 saturated carbocycles. The predicted molar refractivity (Wildman–Crippen MR) is 109 cm³/mol. The van der Waals surface area contributed by atoms with E-state index < -0.39 is 42.6 Å². The van der Waals surface area contributed by atoms with Crippen LogP contribution in [-0.2, 0) is 29.8 Å². The normalized spacial score (nSPS) is 12.1. The van der Waals surface area contributed by atoms with Crippen molar-refractivity contribution in [2.45, 2.75) is 54.4 Å². The molecule has 0 rings (SSSR count). The molecule has 0 radical (unpaired) electrons. The van der Waals surface area contributed by atoms with Crippen molar-refractivity contribution in [3.63, 3.8) is 0 Å². The van der Waals surface area contributed by atoms with E-state index in [4.69, 9.17) is 0 Å². The molecule has 29 heavy (non-hydrogen) atoms. The third-order valence-electron chi connectivity index (χ3n) is 3.08. The number of amides is 2. The Bertz CT molecular complexity index is 646. The van der Waals surface area contributed by atoms with Crippen molar-refractivity contribution in [1.29, 1.82) is 0 Å². The molecule has 2 amide bonds.